The van der Waals surface area contributed by atoms with Crippen molar-refractivity contribution >= 4 is 11.0 Å². The largest absolute Gasteiger partial charge is 0.333 e. The maximum absolute atomic E-state index is 5.24. The van der Waals surface area contributed by atoms with Gasteiger partial charge in [0, 0.05) is 32.0 Å². The van der Waals surface area contributed by atoms with Gasteiger partial charge in [0.05, 0.1) is 16.9 Å². The molecule has 0 aliphatic rings. The number of aromatic nitrogens is 3. The van der Waals surface area contributed by atoms with E-state index in [0.29, 0.717) is 11.8 Å². The minimum absolute atomic E-state index is 0. The minimum atomic E-state index is 0. The van der Waals surface area contributed by atoms with Crippen molar-refractivity contribution in [3.05, 3.63) is 162 Å². The van der Waals surface area contributed by atoms with Gasteiger partial charge in [-0.15, -0.1) is 71.8 Å². The van der Waals surface area contributed by atoms with Crippen LogP contribution >= 0.6 is 0 Å². The first-order valence-corrected chi connectivity index (χ1v) is 16.4. The van der Waals surface area contributed by atoms with Gasteiger partial charge in [0.25, 0.3) is 0 Å². The van der Waals surface area contributed by atoms with Crippen molar-refractivity contribution in [1.82, 2.24) is 14.5 Å². The first-order valence-electron chi connectivity index (χ1n) is 16.4. The van der Waals surface area contributed by atoms with Crippen LogP contribution in [0.15, 0.2) is 128 Å². The molecule has 4 heteroatoms. The molecule has 5 aromatic carbocycles. The number of hydrogen-bond acceptors (Lipinski definition) is 2. The Hall–Kier alpha value is -4.63. The van der Waals surface area contributed by atoms with E-state index in [1.165, 1.54) is 39.1 Å². The molecule has 0 aliphatic carbocycles. The summed E-state index contributed by atoms with van der Waals surface area (Å²) in [6.45, 7) is 13.5. The molecule has 0 amide bonds. The maximum atomic E-state index is 5.24. The molecule has 2 aromatic heterocycles. The zero-order valence-corrected chi connectivity index (χ0v) is 30.8. The standard InChI is InChI=1S/C33H33N2.C11H8N.Ir/c1-21(2)27-16-11-17-28(22(3)4)32(27)35-30-19-18-26(31-23(5)12-10-13-24(31)6)20-29(30)34-33(35)25-14-8-7-9-15-25;1-2-6-10(7-3-1)11-8-4-5-9-12-11;/h7-14,16-22H,1-6H3;1-6,8-9H;/q2*-1;. The Balaban J connectivity index is 0.000000291. The van der Waals surface area contributed by atoms with Gasteiger partial charge < -0.3 is 9.55 Å². The number of hydrogen-bond donors (Lipinski definition) is 0. The molecule has 0 saturated carbocycles. The van der Waals surface area contributed by atoms with Crippen LogP contribution in [-0.4, -0.2) is 14.5 Å². The Kier molecular flexibility index (Phi) is 11.2. The van der Waals surface area contributed by atoms with Crippen LogP contribution in [0.4, 0.5) is 0 Å². The normalized spacial score (nSPS) is 10.9. The van der Waals surface area contributed by atoms with Gasteiger partial charge in [-0.05, 0) is 83.0 Å². The van der Waals surface area contributed by atoms with Crippen LogP contribution in [0.2, 0.25) is 0 Å². The molecule has 0 unspecified atom stereocenters. The number of nitrogens with zero attached hydrogens (tertiary/aromatic N) is 3. The van der Waals surface area contributed by atoms with Crippen molar-refractivity contribution in [2.45, 2.75) is 53.4 Å². The quantitative estimate of drug-likeness (QED) is 0.157. The second-order valence-corrected chi connectivity index (χ2v) is 12.6. The molecule has 0 bridgehead atoms. The molecule has 48 heavy (non-hydrogen) atoms. The number of para-hydroxylation sites is 1. The van der Waals surface area contributed by atoms with Crippen LogP contribution in [0.1, 0.15) is 61.8 Å². The summed E-state index contributed by atoms with van der Waals surface area (Å²) in [5.41, 5.74) is 14.2. The van der Waals surface area contributed by atoms with E-state index in [0.717, 1.165) is 33.7 Å². The van der Waals surface area contributed by atoms with E-state index in [-0.39, 0.29) is 20.1 Å². The smallest absolute Gasteiger partial charge is 0.0780 e. The topological polar surface area (TPSA) is 30.7 Å². The Morgan fingerprint density at radius 1 is 0.625 bits per heavy atom. The van der Waals surface area contributed by atoms with Crippen LogP contribution < -0.4 is 0 Å². The molecule has 0 atom stereocenters. The monoisotopic (exact) mass is 804 g/mol. The first kappa shape index (κ1) is 34.7. The van der Waals surface area contributed by atoms with Gasteiger partial charge in [-0.1, -0.05) is 82.3 Å². The molecule has 0 saturated heterocycles. The van der Waals surface area contributed by atoms with Gasteiger partial charge in [-0.25, -0.2) is 0 Å². The molecular formula is C44H41IrN3-2. The van der Waals surface area contributed by atoms with Crippen LogP contribution in [0.3, 0.4) is 0 Å². The van der Waals surface area contributed by atoms with Crippen molar-refractivity contribution in [3.63, 3.8) is 0 Å². The van der Waals surface area contributed by atoms with E-state index in [1.807, 2.05) is 54.6 Å². The summed E-state index contributed by atoms with van der Waals surface area (Å²) in [4.78, 5) is 9.46. The van der Waals surface area contributed by atoms with Crippen LogP contribution in [0.25, 0.3) is 50.5 Å². The Morgan fingerprint density at radius 3 is 1.79 bits per heavy atom. The fraction of sp³-hybridized carbons (Fsp3) is 0.182. The molecule has 7 rings (SSSR count). The van der Waals surface area contributed by atoms with Crippen molar-refractivity contribution in [2.24, 2.45) is 0 Å². The van der Waals surface area contributed by atoms with E-state index in [1.54, 1.807) is 6.20 Å². The van der Waals surface area contributed by atoms with Gasteiger partial charge in [0.2, 0.25) is 0 Å². The third kappa shape index (κ3) is 7.26. The van der Waals surface area contributed by atoms with Gasteiger partial charge in [-0.2, -0.15) is 0 Å². The molecule has 7 aromatic rings. The molecule has 3 nitrogen and oxygen atoms in total. The third-order valence-electron chi connectivity index (χ3n) is 8.59. The summed E-state index contributed by atoms with van der Waals surface area (Å²) < 4.78 is 2.38. The van der Waals surface area contributed by atoms with E-state index in [9.17, 15) is 0 Å². The van der Waals surface area contributed by atoms with E-state index >= 15 is 0 Å². The van der Waals surface area contributed by atoms with Crippen molar-refractivity contribution < 1.29 is 20.1 Å². The molecule has 2 heterocycles. The molecule has 0 fully saturated rings. The van der Waals surface area contributed by atoms with Crippen LogP contribution in [0.5, 0.6) is 0 Å². The number of fused-ring (bicyclic) bond motifs is 1. The molecule has 1 radical (unpaired) electrons. The van der Waals surface area contributed by atoms with Gasteiger partial charge >= 0.3 is 0 Å². The number of pyridine rings is 1. The number of benzene rings is 5. The summed E-state index contributed by atoms with van der Waals surface area (Å²) >= 11 is 0. The summed E-state index contributed by atoms with van der Waals surface area (Å²) in [5.74, 6) is 1.72. The summed E-state index contributed by atoms with van der Waals surface area (Å²) in [6, 6.07) is 48.4. The number of aryl methyl sites for hydroxylation is 2. The fourth-order valence-corrected chi connectivity index (χ4v) is 6.29. The second-order valence-electron chi connectivity index (χ2n) is 12.6. The zero-order chi connectivity index (χ0) is 32.9. The van der Waals surface area contributed by atoms with E-state index < -0.39 is 0 Å². The second kappa shape index (κ2) is 15.5. The maximum Gasteiger partial charge on any atom is 0.0780 e. The number of imidazole rings is 1. The molecule has 0 spiro atoms. The van der Waals surface area contributed by atoms with Crippen LogP contribution in [-0.2, 0) is 20.1 Å². The average molecular weight is 804 g/mol. The Labute approximate surface area is 299 Å². The Bertz CT molecular complexity index is 2010. The summed E-state index contributed by atoms with van der Waals surface area (Å²) in [7, 11) is 0. The third-order valence-corrected chi connectivity index (χ3v) is 8.59. The SMILES string of the molecule is Cc1cccc(C)c1-c1ccc2c(c1)nc(-c1[c-]cccc1)n2-c1c(C(C)C)cccc1C(C)C.[Ir].[c-]1ccccc1-c1ccccn1. The fourth-order valence-electron chi connectivity index (χ4n) is 6.29. The molecule has 0 aliphatic heterocycles. The van der Waals surface area contributed by atoms with Crippen molar-refractivity contribution in [1.29, 1.82) is 0 Å². The zero-order valence-electron chi connectivity index (χ0n) is 28.5. The van der Waals surface area contributed by atoms with Gasteiger partial charge in [0.1, 0.15) is 0 Å². The summed E-state index contributed by atoms with van der Waals surface area (Å²) in [6.07, 6.45) is 1.79. The van der Waals surface area contributed by atoms with E-state index in [4.69, 9.17) is 4.98 Å². The summed E-state index contributed by atoms with van der Waals surface area (Å²) in [5, 5.41) is 0. The molecule has 243 valence electrons. The van der Waals surface area contributed by atoms with Gasteiger partial charge in [0.15, 0.2) is 0 Å². The minimum Gasteiger partial charge on any atom is -0.333 e. The van der Waals surface area contributed by atoms with Crippen LogP contribution in [0, 0.1) is 26.0 Å². The predicted molar refractivity (Wildman–Crippen MR) is 197 cm³/mol. The Morgan fingerprint density at radius 2 is 1.23 bits per heavy atom. The predicted octanol–water partition coefficient (Wildman–Crippen LogP) is 11.6. The van der Waals surface area contributed by atoms with E-state index in [2.05, 4.69) is 130 Å². The van der Waals surface area contributed by atoms with Crippen molar-refractivity contribution in [3.8, 4) is 39.5 Å². The first-order chi connectivity index (χ1) is 22.8. The number of rotatable bonds is 6. The van der Waals surface area contributed by atoms with Gasteiger partial charge in [-0.3, -0.25) is 4.98 Å². The molecular weight excluding hydrogens is 763 g/mol. The molecule has 0 N–H and O–H groups in total. The average Bonchev–Trinajstić information content (AvgIpc) is 3.48. The van der Waals surface area contributed by atoms with Crippen molar-refractivity contribution in [2.75, 3.05) is 0 Å².